The maximum Gasteiger partial charge on any atom is 0.274 e. The van der Waals surface area contributed by atoms with Crippen LogP contribution in [0.1, 0.15) is 42.4 Å². The molecule has 26 heavy (non-hydrogen) atoms. The van der Waals surface area contributed by atoms with Gasteiger partial charge in [-0.25, -0.2) is 4.39 Å². The number of nitrogens with one attached hydrogen (secondary N) is 1. The fourth-order valence-corrected chi connectivity index (χ4v) is 3.23. The summed E-state index contributed by atoms with van der Waals surface area (Å²) in [5, 5.41) is 16.4. The number of ether oxygens (including phenoxy) is 1. The highest BCUT2D eigenvalue weighted by atomic mass is 19.1. The Bertz CT molecular complexity index is 748. The van der Waals surface area contributed by atoms with Crippen LogP contribution in [0.5, 0.6) is 5.75 Å². The number of aromatic amines is 1. The van der Waals surface area contributed by atoms with Gasteiger partial charge in [0, 0.05) is 19.7 Å². The lowest BCUT2D eigenvalue weighted by molar-refractivity contribution is 0.0334. The van der Waals surface area contributed by atoms with Crippen LogP contribution in [-0.4, -0.2) is 45.8 Å². The van der Waals surface area contributed by atoms with Crippen LogP contribution in [0.25, 0.3) is 0 Å². The smallest absolute Gasteiger partial charge is 0.274 e. The zero-order chi connectivity index (χ0) is 18.6. The van der Waals surface area contributed by atoms with Gasteiger partial charge in [0.1, 0.15) is 6.61 Å². The van der Waals surface area contributed by atoms with E-state index < -0.39 is 5.82 Å². The molecule has 1 fully saturated rings. The lowest BCUT2D eigenvalue weighted by Crippen LogP contribution is -2.44. The van der Waals surface area contributed by atoms with E-state index in [-0.39, 0.29) is 30.3 Å². The molecule has 0 bridgehead atoms. The normalized spacial score (nSPS) is 16.5. The van der Waals surface area contributed by atoms with Crippen LogP contribution in [0.2, 0.25) is 0 Å². The molecule has 1 aromatic heterocycles. The summed E-state index contributed by atoms with van der Waals surface area (Å²) in [5.41, 5.74) is 0.859. The average molecular weight is 361 g/mol. The summed E-state index contributed by atoms with van der Waals surface area (Å²) in [7, 11) is 0. The first-order valence-electron chi connectivity index (χ1n) is 8.88. The molecule has 0 aliphatic carbocycles. The van der Waals surface area contributed by atoms with Crippen molar-refractivity contribution < 1.29 is 19.0 Å². The predicted molar refractivity (Wildman–Crippen MR) is 94.3 cm³/mol. The van der Waals surface area contributed by atoms with E-state index >= 15 is 0 Å². The highest BCUT2D eigenvalue weighted by Crippen LogP contribution is 2.34. The van der Waals surface area contributed by atoms with Crippen molar-refractivity contribution in [3.05, 3.63) is 47.5 Å². The summed E-state index contributed by atoms with van der Waals surface area (Å²) in [4.78, 5) is 14.4. The Morgan fingerprint density at radius 1 is 1.38 bits per heavy atom. The lowest BCUT2D eigenvalue weighted by atomic mass is 9.77. The molecule has 0 spiro atoms. The fourth-order valence-electron chi connectivity index (χ4n) is 3.23. The minimum absolute atomic E-state index is 0.0683. The fraction of sp³-hybridized carbons (Fsp3) is 0.474. The highest BCUT2D eigenvalue weighted by molar-refractivity contribution is 5.92. The number of carbonyl (C=O) groups excluding carboxylic acids is 1. The van der Waals surface area contributed by atoms with Crippen LogP contribution in [0.3, 0.4) is 0 Å². The largest absolute Gasteiger partial charge is 0.484 e. The van der Waals surface area contributed by atoms with Crippen molar-refractivity contribution >= 4 is 5.91 Å². The third-order valence-electron chi connectivity index (χ3n) is 5.27. The number of amides is 1. The zero-order valence-electron chi connectivity index (χ0n) is 14.9. The van der Waals surface area contributed by atoms with Gasteiger partial charge in [0.25, 0.3) is 5.91 Å². The van der Waals surface area contributed by atoms with Gasteiger partial charge in [0.05, 0.1) is 5.69 Å². The van der Waals surface area contributed by atoms with Crippen molar-refractivity contribution in [1.29, 1.82) is 0 Å². The van der Waals surface area contributed by atoms with Crippen molar-refractivity contribution in [3.63, 3.8) is 0 Å². The third-order valence-corrected chi connectivity index (χ3v) is 5.27. The number of carbonyl (C=O) groups is 1. The van der Waals surface area contributed by atoms with Gasteiger partial charge in [0.15, 0.2) is 17.3 Å². The van der Waals surface area contributed by atoms with Gasteiger partial charge in [-0.1, -0.05) is 19.1 Å². The van der Waals surface area contributed by atoms with E-state index in [1.54, 1.807) is 29.2 Å². The molecular weight excluding hydrogens is 337 g/mol. The first-order valence-corrected chi connectivity index (χ1v) is 8.88. The van der Waals surface area contributed by atoms with Crippen LogP contribution in [0, 0.1) is 11.2 Å². The monoisotopic (exact) mass is 361 g/mol. The van der Waals surface area contributed by atoms with Crippen LogP contribution < -0.4 is 4.74 Å². The quantitative estimate of drug-likeness (QED) is 0.829. The summed E-state index contributed by atoms with van der Waals surface area (Å²) < 4.78 is 19.0. The number of H-pyrrole nitrogens is 1. The second kappa shape index (κ2) is 7.86. The summed E-state index contributed by atoms with van der Waals surface area (Å²) >= 11 is 0. The molecule has 6 nitrogen and oxygen atoms in total. The summed E-state index contributed by atoms with van der Waals surface area (Å²) in [6.07, 6.45) is 2.49. The molecule has 1 aliphatic rings. The predicted octanol–water partition coefficient (Wildman–Crippen LogP) is 2.75. The van der Waals surface area contributed by atoms with Crippen molar-refractivity contribution in [2.75, 3.05) is 19.7 Å². The standard InChI is InChI=1S/C19H24FN3O3/c1-2-19(13-24)7-9-23(10-8-19)18(25)16-11-14(21-22-16)12-26-17-6-4-3-5-15(17)20/h3-6,11,24H,2,7-10,12-13H2,1H3,(H,21,22). The third kappa shape index (κ3) is 3.88. The average Bonchev–Trinajstić information content (AvgIpc) is 3.16. The molecule has 140 valence electrons. The van der Waals surface area contributed by atoms with E-state index in [0.717, 1.165) is 19.3 Å². The molecule has 0 saturated carbocycles. The topological polar surface area (TPSA) is 78.5 Å². The molecule has 1 saturated heterocycles. The van der Waals surface area contributed by atoms with Crippen LogP contribution in [0.4, 0.5) is 4.39 Å². The summed E-state index contributed by atoms with van der Waals surface area (Å²) in [6.45, 7) is 3.56. The van der Waals surface area contributed by atoms with Crippen molar-refractivity contribution in [2.24, 2.45) is 5.41 Å². The van der Waals surface area contributed by atoms with Gasteiger partial charge in [-0.2, -0.15) is 5.10 Å². The Labute approximate surface area is 152 Å². The lowest BCUT2D eigenvalue weighted by Gasteiger charge is -2.40. The number of hydrogen-bond acceptors (Lipinski definition) is 4. The minimum atomic E-state index is -0.431. The second-order valence-electron chi connectivity index (χ2n) is 6.80. The molecule has 2 aromatic rings. The molecule has 2 heterocycles. The van der Waals surface area contributed by atoms with Gasteiger partial charge < -0.3 is 14.7 Å². The van der Waals surface area contributed by atoms with E-state index in [1.165, 1.54) is 6.07 Å². The number of likely N-dealkylation sites (tertiary alicyclic amines) is 1. The molecule has 0 unspecified atom stereocenters. The number of hydrogen-bond donors (Lipinski definition) is 2. The maximum absolute atomic E-state index is 13.6. The minimum Gasteiger partial charge on any atom is -0.484 e. The number of aliphatic hydroxyl groups excluding tert-OH is 1. The molecule has 0 atom stereocenters. The van der Waals surface area contributed by atoms with Gasteiger partial charge >= 0.3 is 0 Å². The molecular formula is C19H24FN3O3. The number of para-hydroxylation sites is 1. The highest BCUT2D eigenvalue weighted by Gasteiger charge is 2.34. The Balaban J connectivity index is 1.58. The first-order chi connectivity index (χ1) is 12.6. The number of nitrogens with zero attached hydrogens (tertiary/aromatic N) is 2. The molecule has 1 amide bonds. The van der Waals surface area contributed by atoms with E-state index in [2.05, 4.69) is 17.1 Å². The summed E-state index contributed by atoms with van der Waals surface area (Å²) in [5.74, 6) is -0.410. The Morgan fingerprint density at radius 3 is 2.77 bits per heavy atom. The number of rotatable bonds is 6. The van der Waals surface area contributed by atoms with Gasteiger partial charge in [-0.15, -0.1) is 0 Å². The Kier molecular flexibility index (Phi) is 5.56. The van der Waals surface area contributed by atoms with E-state index in [9.17, 15) is 14.3 Å². The van der Waals surface area contributed by atoms with Crippen molar-refractivity contribution in [1.82, 2.24) is 15.1 Å². The van der Waals surface area contributed by atoms with E-state index in [4.69, 9.17) is 4.74 Å². The van der Waals surface area contributed by atoms with Gasteiger partial charge in [-0.3, -0.25) is 9.89 Å². The number of piperidine rings is 1. The number of halogens is 1. The second-order valence-corrected chi connectivity index (χ2v) is 6.80. The van der Waals surface area contributed by atoms with Crippen LogP contribution >= 0.6 is 0 Å². The molecule has 1 aromatic carbocycles. The molecule has 1 aliphatic heterocycles. The van der Waals surface area contributed by atoms with Crippen LogP contribution in [-0.2, 0) is 6.61 Å². The number of aromatic nitrogens is 2. The SMILES string of the molecule is CCC1(CO)CCN(C(=O)c2cc(COc3ccccc3F)[nH]n2)CC1. The Morgan fingerprint density at radius 2 is 2.12 bits per heavy atom. The zero-order valence-corrected chi connectivity index (χ0v) is 14.9. The molecule has 7 heteroatoms. The first kappa shape index (κ1) is 18.4. The van der Waals surface area contributed by atoms with E-state index in [0.29, 0.717) is 24.5 Å². The maximum atomic E-state index is 13.6. The van der Waals surface area contributed by atoms with E-state index in [1.807, 2.05) is 0 Å². The molecule has 2 N–H and O–H groups in total. The summed E-state index contributed by atoms with van der Waals surface area (Å²) in [6, 6.07) is 7.80. The molecule has 0 radical (unpaired) electrons. The van der Waals surface area contributed by atoms with Crippen molar-refractivity contribution in [3.8, 4) is 5.75 Å². The van der Waals surface area contributed by atoms with Crippen LogP contribution in [0.15, 0.2) is 30.3 Å². The van der Waals surface area contributed by atoms with Gasteiger partial charge in [-0.05, 0) is 42.9 Å². The van der Waals surface area contributed by atoms with Gasteiger partial charge in [0.2, 0.25) is 0 Å². The molecule has 3 rings (SSSR count). The number of benzene rings is 1. The van der Waals surface area contributed by atoms with Crippen molar-refractivity contribution in [2.45, 2.75) is 32.8 Å². The Hall–Kier alpha value is -2.41. The number of aliphatic hydroxyl groups is 1.